The van der Waals surface area contributed by atoms with E-state index in [1.54, 1.807) is 43.3 Å². The smallest absolute Gasteiger partial charge is 0.282 e. The minimum Gasteiger partial charge on any atom is -0.282 e. The minimum absolute atomic E-state index is 0.140. The summed E-state index contributed by atoms with van der Waals surface area (Å²) in [6.45, 7) is 1.59. The Bertz CT molecular complexity index is 1520. The normalized spacial score (nSPS) is 12.5. The highest BCUT2D eigenvalue weighted by Crippen LogP contribution is 2.28. The molecule has 2 N–H and O–H groups in total. The lowest BCUT2D eigenvalue weighted by Crippen LogP contribution is -2.04. The number of fused-ring (bicyclic) bond motifs is 2. The summed E-state index contributed by atoms with van der Waals surface area (Å²) in [4.78, 5) is -0.287. The van der Waals surface area contributed by atoms with Crippen LogP contribution >= 0.6 is 0 Å². The maximum absolute atomic E-state index is 12.0. The van der Waals surface area contributed by atoms with Gasteiger partial charge in [-0.25, -0.2) is 0 Å². The average molecular weight is 443 g/mol. The van der Waals surface area contributed by atoms with Crippen molar-refractivity contribution in [1.29, 1.82) is 0 Å². The summed E-state index contributed by atoms with van der Waals surface area (Å²) in [7, 11) is -8.73. The van der Waals surface area contributed by atoms with Crippen LogP contribution in [0.25, 0.3) is 21.5 Å². The van der Waals surface area contributed by atoms with Gasteiger partial charge in [0.05, 0.1) is 9.79 Å². The van der Waals surface area contributed by atoms with Gasteiger partial charge in [0.2, 0.25) is 0 Å². The molecule has 0 aliphatic rings. The molecule has 0 fully saturated rings. The molecule has 0 radical (unpaired) electrons. The molecule has 0 amide bonds. The zero-order chi connectivity index (χ0) is 21.7. The van der Waals surface area contributed by atoms with Gasteiger partial charge in [0.1, 0.15) is 0 Å². The summed E-state index contributed by atoms with van der Waals surface area (Å²) in [5.74, 6) is 0. The Kier molecular flexibility index (Phi) is 4.90. The first-order valence-electron chi connectivity index (χ1n) is 9.02. The quantitative estimate of drug-likeness (QED) is 0.454. The number of benzene rings is 4. The van der Waals surface area contributed by atoms with Crippen molar-refractivity contribution in [3.05, 3.63) is 83.4 Å². The molecule has 8 heteroatoms. The highest BCUT2D eigenvalue weighted by molar-refractivity contribution is 7.86. The van der Waals surface area contributed by atoms with Crippen LogP contribution in [0.4, 0.5) is 0 Å². The molecule has 0 bridgehead atoms. The van der Waals surface area contributed by atoms with E-state index in [9.17, 15) is 25.9 Å². The SMILES string of the molecule is Cc1cc2cc(Cc3cc4ccccc4cc3S(=O)(=O)O)ccc2cc1S(=O)(=O)O. The van der Waals surface area contributed by atoms with E-state index in [0.717, 1.165) is 16.3 Å². The van der Waals surface area contributed by atoms with Gasteiger partial charge in [0.25, 0.3) is 20.2 Å². The molecule has 6 nitrogen and oxygen atoms in total. The van der Waals surface area contributed by atoms with Gasteiger partial charge in [-0.05, 0) is 69.8 Å². The molecule has 4 rings (SSSR count). The van der Waals surface area contributed by atoms with E-state index < -0.39 is 20.2 Å². The van der Waals surface area contributed by atoms with E-state index >= 15 is 0 Å². The Morgan fingerprint density at radius 1 is 0.667 bits per heavy atom. The summed E-state index contributed by atoms with van der Waals surface area (Å²) < 4.78 is 66.0. The van der Waals surface area contributed by atoms with E-state index in [1.807, 2.05) is 18.2 Å². The van der Waals surface area contributed by atoms with Crippen LogP contribution in [0.3, 0.4) is 0 Å². The molecule has 4 aromatic rings. The number of rotatable bonds is 4. The summed E-state index contributed by atoms with van der Waals surface area (Å²) in [6, 6.07) is 18.9. The van der Waals surface area contributed by atoms with Gasteiger partial charge >= 0.3 is 0 Å². The molecule has 30 heavy (non-hydrogen) atoms. The maximum Gasteiger partial charge on any atom is 0.294 e. The fraction of sp³-hybridized carbons (Fsp3) is 0.0909. The third-order valence-electron chi connectivity index (χ3n) is 5.08. The monoisotopic (exact) mass is 442 g/mol. The number of hydrogen-bond acceptors (Lipinski definition) is 4. The van der Waals surface area contributed by atoms with Crippen molar-refractivity contribution in [3.8, 4) is 0 Å². The molecule has 0 aliphatic heterocycles. The maximum atomic E-state index is 12.0. The van der Waals surface area contributed by atoms with E-state index in [-0.39, 0.29) is 16.2 Å². The Balaban J connectivity index is 1.83. The lowest BCUT2D eigenvalue weighted by molar-refractivity contribution is 0.480. The van der Waals surface area contributed by atoms with Crippen molar-refractivity contribution in [2.75, 3.05) is 0 Å². The van der Waals surface area contributed by atoms with Crippen molar-refractivity contribution in [1.82, 2.24) is 0 Å². The first-order chi connectivity index (χ1) is 14.0. The Morgan fingerprint density at radius 3 is 1.87 bits per heavy atom. The molecule has 0 unspecified atom stereocenters. The summed E-state index contributed by atoms with van der Waals surface area (Å²) in [5, 5.41) is 2.95. The second-order valence-electron chi connectivity index (χ2n) is 7.23. The number of aryl methyl sites for hydroxylation is 1. The van der Waals surface area contributed by atoms with Crippen LogP contribution in [-0.2, 0) is 26.7 Å². The van der Waals surface area contributed by atoms with Crippen LogP contribution in [0, 0.1) is 6.92 Å². The van der Waals surface area contributed by atoms with Crippen molar-refractivity contribution in [2.45, 2.75) is 23.1 Å². The summed E-state index contributed by atoms with van der Waals surface area (Å²) >= 11 is 0. The first-order valence-corrected chi connectivity index (χ1v) is 11.9. The Morgan fingerprint density at radius 2 is 1.23 bits per heavy atom. The fourth-order valence-electron chi connectivity index (χ4n) is 3.69. The average Bonchev–Trinajstić information content (AvgIpc) is 2.65. The molecule has 0 atom stereocenters. The zero-order valence-corrected chi connectivity index (χ0v) is 17.5. The van der Waals surface area contributed by atoms with Crippen LogP contribution in [0.1, 0.15) is 16.7 Å². The van der Waals surface area contributed by atoms with E-state index in [0.29, 0.717) is 21.9 Å². The highest BCUT2D eigenvalue weighted by atomic mass is 32.2. The van der Waals surface area contributed by atoms with Crippen molar-refractivity contribution in [3.63, 3.8) is 0 Å². The van der Waals surface area contributed by atoms with Gasteiger partial charge < -0.3 is 0 Å². The molecule has 4 aromatic carbocycles. The van der Waals surface area contributed by atoms with Crippen LogP contribution in [-0.4, -0.2) is 25.9 Å². The lowest BCUT2D eigenvalue weighted by atomic mass is 9.98. The standard InChI is InChI=1S/C22H18O6S2/c1-14-8-19-9-15(6-7-18(19)12-21(14)29(23,24)25)10-20-11-16-4-2-3-5-17(16)13-22(20)30(26,27)28/h2-9,11-13H,10H2,1H3,(H,23,24,25)(H,26,27,28). The first kappa shape index (κ1) is 20.5. The van der Waals surface area contributed by atoms with Gasteiger partial charge in [-0.3, -0.25) is 9.11 Å². The topological polar surface area (TPSA) is 109 Å². The fourth-order valence-corrected chi connectivity index (χ4v) is 5.17. The number of hydrogen-bond donors (Lipinski definition) is 2. The second-order valence-corrected chi connectivity index (χ2v) is 10.0. The van der Waals surface area contributed by atoms with E-state index in [4.69, 9.17) is 0 Å². The Labute approximate surface area is 174 Å². The van der Waals surface area contributed by atoms with Crippen LogP contribution in [0.15, 0.2) is 76.5 Å². The molecule has 0 saturated carbocycles. The molecular formula is C22H18O6S2. The lowest BCUT2D eigenvalue weighted by Gasteiger charge is -2.11. The second kappa shape index (κ2) is 7.17. The predicted molar refractivity (Wildman–Crippen MR) is 115 cm³/mol. The minimum atomic E-state index is -4.41. The molecule has 0 heterocycles. The molecular weight excluding hydrogens is 424 g/mol. The summed E-state index contributed by atoms with van der Waals surface area (Å²) in [5.41, 5.74) is 1.66. The van der Waals surface area contributed by atoms with Gasteiger partial charge in [-0.2, -0.15) is 16.8 Å². The van der Waals surface area contributed by atoms with Gasteiger partial charge in [-0.1, -0.05) is 48.5 Å². The predicted octanol–water partition coefficient (Wildman–Crippen LogP) is 4.39. The van der Waals surface area contributed by atoms with Crippen LogP contribution < -0.4 is 0 Å². The van der Waals surface area contributed by atoms with E-state index in [2.05, 4.69) is 0 Å². The van der Waals surface area contributed by atoms with Crippen molar-refractivity contribution >= 4 is 41.8 Å². The van der Waals surface area contributed by atoms with Gasteiger partial charge in [0, 0.05) is 0 Å². The van der Waals surface area contributed by atoms with Crippen molar-refractivity contribution in [2.24, 2.45) is 0 Å². The van der Waals surface area contributed by atoms with Gasteiger partial charge in [0.15, 0.2) is 0 Å². The van der Waals surface area contributed by atoms with Crippen molar-refractivity contribution < 1.29 is 25.9 Å². The van der Waals surface area contributed by atoms with Crippen LogP contribution in [0.2, 0.25) is 0 Å². The molecule has 0 saturated heterocycles. The molecule has 154 valence electrons. The molecule has 0 aromatic heterocycles. The van der Waals surface area contributed by atoms with E-state index in [1.165, 1.54) is 12.1 Å². The Hall–Kier alpha value is -2.78. The third-order valence-corrected chi connectivity index (χ3v) is 7.01. The zero-order valence-electron chi connectivity index (χ0n) is 15.9. The molecule has 0 spiro atoms. The van der Waals surface area contributed by atoms with Gasteiger partial charge in [-0.15, -0.1) is 0 Å². The summed E-state index contributed by atoms with van der Waals surface area (Å²) in [6.07, 6.45) is 0.259. The third kappa shape index (κ3) is 3.95. The largest absolute Gasteiger partial charge is 0.294 e. The van der Waals surface area contributed by atoms with Crippen LogP contribution in [0.5, 0.6) is 0 Å². The highest BCUT2D eigenvalue weighted by Gasteiger charge is 2.18. The molecule has 0 aliphatic carbocycles.